The lowest BCUT2D eigenvalue weighted by Gasteiger charge is -2.24. The van der Waals surface area contributed by atoms with Crippen molar-refractivity contribution in [2.45, 2.75) is 31.7 Å². The van der Waals surface area contributed by atoms with Gasteiger partial charge in [-0.25, -0.2) is 0 Å². The molecule has 1 amide bonds. The van der Waals surface area contributed by atoms with E-state index in [-0.39, 0.29) is 5.91 Å². The highest BCUT2D eigenvalue weighted by molar-refractivity contribution is 5.77. The Morgan fingerprint density at radius 3 is 3.11 bits per heavy atom. The molecule has 0 aliphatic carbocycles. The number of likely N-dealkylation sites (tertiary alicyclic amines) is 1. The van der Waals surface area contributed by atoms with Crippen LogP contribution in [0.15, 0.2) is 12.4 Å². The molecular weight excluding hydrogens is 228 g/mol. The number of rotatable bonds is 5. The van der Waals surface area contributed by atoms with Crippen LogP contribution < -0.4 is 5.32 Å². The highest BCUT2D eigenvalue weighted by atomic mass is 16.2. The molecule has 1 N–H and O–H groups in total. The van der Waals surface area contributed by atoms with E-state index < -0.39 is 0 Å². The second kappa shape index (κ2) is 6.00. The monoisotopic (exact) mass is 250 g/mol. The van der Waals surface area contributed by atoms with E-state index in [4.69, 9.17) is 0 Å². The number of nitrogens with one attached hydrogen (secondary N) is 1. The third-order valence-corrected chi connectivity index (χ3v) is 3.52. The predicted molar refractivity (Wildman–Crippen MR) is 70.2 cm³/mol. The first-order chi connectivity index (χ1) is 8.70. The summed E-state index contributed by atoms with van der Waals surface area (Å²) in [6.07, 6.45) is 7.44. The lowest BCUT2D eigenvalue weighted by molar-refractivity contribution is -0.131. The van der Waals surface area contributed by atoms with E-state index >= 15 is 0 Å². The fourth-order valence-electron chi connectivity index (χ4n) is 2.61. The van der Waals surface area contributed by atoms with Crippen LogP contribution in [0.25, 0.3) is 0 Å². The number of carbonyl (C=O) groups is 1. The normalized spacial score (nSPS) is 19.4. The third kappa shape index (κ3) is 3.10. The molecule has 0 spiro atoms. The van der Waals surface area contributed by atoms with Crippen molar-refractivity contribution >= 4 is 5.91 Å². The van der Waals surface area contributed by atoms with Gasteiger partial charge in [-0.15, -0.1) is 0 Å². The number of nitrogens with zero attached hydrogens (tertiary/aromatic N) is 3. The Labute approximate surface area is 108 Å². The van der Waals surface area contributed by atoms with Crippen molar-refractivity contribution in [1.29, 1.82) is 0 Å². The average Bonchev–Trinajstić information content (AvgIpc) is 2.96. The maximum atomic E-state index is 12.2. The van der Waals surface area contributed by atoms with Crippen molar-refractivity contribution in [3.05, 3.63) is 18.0 Å². The molecule has 0 radical (unpaired) electrons. The number of likely N-dealkylation sites (N-methyl/N-ethyl adjacent to an activating group) is 1. The maximum absolute atomic E-state index is 12.2. The van der Waals surface area contributed by atoms with Crippen LogP contribution in [0.4, 0.5) is 0 Å². The standard InChI is InChI=1S/C13H22N4O/c1-14-9-12-4-3-7-17(12)13(18)6-5-11-8-15-16(2)10-11/h8,10,12,14H,3-7,9H2,1-2H3. The first-order valence-corrected chi connectivity index (χ1v) is 6.62. The summed E-state index contributed by atoms with van der Waals surface area (Å²) >= 11 is 0. The zero-order chi connectivity index (χ0) is 13.0. The quantitative estimate of drug-likeness (QED) is 0.831. The van der Waals surface area contributed by atoms with Gasteiger partial charge in [-0.05, 0) is 31.9 Å². The van der Waals surface area contributed by atoms with Gasteiger partial charge in [-0.1, -0.05) is 0 Å². The molecule has 1 atom stereocenters. The van der Waals surface area contributed by atoms with Gasteiger partial charge in [0.1, 0.15) is 0 Å². The second-order valence-corrected chi connectivity index (χ2v) is 4.96. The lowest BCUT2D eigenvalue weighted by atomic mass is 10.1. The first kappa shape index (κ1) is 13.1. The van der Waals surface area contributed by atoms with E-state index in [1.807, 2.05) is 31.4 Å². The molecule has 1 aromatic rings. The van der Waals surface area contributed by atoms with E-state index in [2.05, 4.69) is 10.4 Å². The SMILES string of the molecule is CNCC1CCCN1C(=O)CCc1cnn(C)c1. The van der Waals surface area contributed by atoms with Crippen LogP contribution in [-0.2, 0) is 18.3 Å². The molecule has 5 nitrogen and oxygen atoms in total. The van der Waals surface area contributed by atoms with Crippen molar-refractivity contribution in [3.63, 3.8) is 0 Å². The predicted octanol–water partition coefficient (Wildman–Crippen LogP) is 0.563. The largest absolute Gasteiger partial charge is 0.338 e. The molecule has 1 aliphatic heterocycles. The minimum atomic E-state index is 0.275. The summed E-state index contributed by atoms with van der Waals surface area (Å²) in [5.74, 6) is 0.275. The average molecular weight is 250 g/mol. The number of aryl methyl sites for hydroxylation is 2. The second-order valence-electron chi connectivity index (χ2n) is 4.96. The van der Waals surface area contributed by atoms with Crippen molar-refractivity contribution in [1.82, 2.24) is 20.0 Å². The number of amides is 1. The molecule has 1 unspecified atom stereocenters. The first-order valence-electron chi connectivity index (χ1n) is 6.62. The summed E-state index contributed by atoms with van der Waals surface area (Å²) in [6.45, 7) is 1.82. The molecule has 1 aromatic heterocycles. The third-order valence-electron chi connectivity index (χ3n) is 3.52. The molecular formula is C13H22N4O. The molecule has 1 saturated heterocycles. The molecule has 5 heteroatoms. The molecule has 1 fully saturated rings. The molecule has 2 heterocycles. The van der Waals surface area contributed by atoms with E-state index in [1.165, 1.54) is 0 Å². The van der Waals surface area contributed by atoms with Gasteiger partial charge in [-0.2, -0.15) is 5.10 Å². The number of hydrogen-bond acceptors (Lipinski definition) is 3. The molecule has 0 bridgehead atoms. The van der Waals surface area contributed by atoms with Gasteiger partial charge in [0.15, 0.2) is 0 Å². The summed E-state index contributed by atoms with van der Waals surface area (Å²) in [5.41, 5.74) is 1.13. The van der Waals surface area contributed by atoms with Crippen molar-refractivity contribution in [2.75, 3.05) is 20.1 Å². The van der Waals surface area contributed by atoms with E-state index in [9.17, 15) is 4.79 Å². The molecule has 0 aromatic carbocycles. The van der Waals surface area contributed by atoms with E-state index in [1.54, 1.807) is 4.68 Å². The molecule has 0 saturated carbocycles. The maximum Gasteiger partial charge on any atom is 0.223 e. The Hall–Kier alpha value is -1.36. The van der Waals surface area contributed by atoms with Crippen molar-refractivity contribution in [3.8, 4) is 0 Å². The van der Waals surface area contributed by atoms with Crippen LogP contribution in [0.5, 0.6) is 0 Å². The fourth-order valence-corrected chi connectivity index (χ4v) is 2.61. The van der Waals surface area contributed by atoms with Crippen LogP contribution in [0.2, 0.25) is 0 Å². The van der Waals surface area contributed by atoms with Crippen LogP contribution in [0.3, 0.4) is 0 Å². The Bertz CT molecular complexity index is 401. The summed E-state index contributed by atoms with van der Waals surface area (Å²) < 4.78 is 1.78. The van der Waals surface area contributed by atoms with Crippen molar-refractivity contribution < 1.29 is 4.79 Å². The topological polar surface area (TPSA) is 50.2 Å². The zero-order valence-electron chi connectivity index (χ0n) is 11.2. The van der Waals surface area contributed by atoms with Gasteiger partial charge in [0.05, 0.1) is 6.20 Å². The molecule has 100 valence electrons. The fraction of sp³-hybridized carbons (Fsp3) is 0.692. The smallest absolute Gasteiger partial charge is 0.223 e. The highest BCUT2D eigenvalue weighted by Gasteiger charge is 2.27. The van der Waals surface area contributed by atoms with Gasteiger partial charge in [0.2, 0.25) is 5.91 Å². The minimum Gasteiger partial charge on any atom is -0.338 e. The molecule has 2 rings (SSSR count). The number of aromatic nitrogens is 2. The Kier molecular flexibility index (Phi) is 4.36. The van der Waals surface area contributed by atoms with E-state index in [0.29, 0.717) is 12.5 Å². The number of hydrogen-bond donors (Lipinski definition) is 1. The van der Waals surface area contributed by atoms with Gasteiger partial charge in [-0.3, -0.25) is 9.48 Å². The van der Waals surface area contributed by atoms with Crippen LogP contribution in [0, 0.1) is 0 Å². The molecule has 18 heavy (non-hydrogen) atoms. The van der Waals surface area contributed by atoms with Crippen LogP contribution in [-0.4, -0.2) is 46.8 Å². The van der Waals surface area contributed by atoms with Gasteiger partial charge in [0, 0.05) is 38.8 Å². The zero-order valence-corrected chi connectivity index (χ0v) is 11.2. The highest BCUT2D eigenvalue weighted by Crippen LogP contribution is 2.18. The summed E-state index contributed by atoms with van der Waals surface area (Å²) in [6, 6.07) is 0.386. The van der Waals surface area contributed by atoms with E-state index in [0.717, 1.165) is 37.9 Å². The van der Waals surface area contributed by atoms with Gasteiger partial charge >= 0.3 is 0 Å². The summed E-state index contributed by atoms with van der Waals surface area (Å²) in [7, 11) is 3.84. The Morgan fingerprint density at radius 2 is 2.44 bits per heavy atom. The lowest BCUT2D eigenvalue weighted by Crippen LogP contribution is -2.40. The van der Waals surface area contributed by atoms with Gasteiger partial charge in [0.25, 0.3) is 0 Å². The summed E-state index contributed by atoms with van der Waals surface area (Å²) in [5, 5.41) is 7.28. The molecule has 1 aliphatic rings. The van der Waals surface area contributed by atoms with Gasteiger partial charge < -0.3 is 10.2 Å². The van der Waals surface area contributed by atoms with Crippen molar-refractivity contribution in [2.24, 2.45) is 7.05 Å². The van der Waals surface area contributed by atoms with Crippen LogP contribution in [0.1, 0.15) is 24.8 Å². The summed E-state index contributed by atoms with van der Waals surface area (Å²) in [4.78, 5) is 14.2. The Morgan fingerprint density at radius 1 is 1.61 bits per heavy atom. The number of carbonyl (C=O) groups excluding carboxylic acids is 1. The van der Waals surface area contributed by atoms with Crippen LogP contribution >= 0.6 is 0 Å². The minimum absolute atomic E-state index is 0.275. The Balaban J connectivity index is 1.83.